The van der Waals surface area contributed by atoms with Crippen LogP contribution in [0.5, 0.6) is 0 Å². The molecule has 0 aromatic carbocycles. The molecule has 0 bridgehead atoms. The van der Waals surface area contributed by atoms with Gasteiger partial charge in [-0.3, -0.25) is 0 Å². The van der Waals surface area contributed by atoms with E-state index in [4.69, 9.17) is 11.6 Å². The van der Waals surface area contributed by atoms with Gasteiger partial charge in [0.25, 0.3) is 0 Å². The summed E-state index contributed by atoms with van der Waals surface area (Å²) in [5.74, 6) is 0. The Morgan fingerprint density at radius 2 is 2.18 bits per heavy atom. The normalized spacial score (nSPS) is 14.2. The Morgan fingerprint density at radius 1 is 1.53 bits per heavy atom. The minimum atomic E-state index is -3.56. The SMILES string of the molecule is CN(C)CC(O)CNS(=O)(=O)c1ccc(Cl)s1. The number of nitrogens with one attached hydrogen (secondary N) is 1. The third-order valence-electron chi connectivity index (χ3n) is 1.90. The Kier molecular flexibility index (Phi) is 5.36. The number of likely N-dealkylation sites (N-methyl/N-ethyl adjacent to an activating group) is 1. The van der Waals surface area contributed by atoms with Crippen LogP contribution < -0.4 is 4.72 Å². The topological polar surface area (TPSA) is 69.6 Å². The van der Waals surface area contributed by atoms with Crippen molar-refractivity contribution in [3.8, 4) is 0 Å². The fourth-order valence-electron chi connectivity index (χ4n) is 1.21. The lowest BCUT2D eigenvalue weighted by Gasteiger charge is -2.16. The van der Waals surface area contributed by atoms with Crippen LogP contribution >= 0.6 is 22.9 Å². The third kappa shape index (κ3) is 4.90. The van der Waals surface area contributed by atoms with E-state index in [1.807, 2.05) is 0 Å². The number of hydrogen-bond acceptors (Lipinski definition) is 5. The summed E-state index contributed by atoms with van der Waals surface area (Å²) in [4.78, 5) is 1.78. The first-order valence-corrected chi connectivity index (χ1v) is 7.57. The highest BCUT2D eigenvalue weighted by Crippen LogP contribution is 2.25. The van der Waals surface area contributed by atoms with Gasteiger partial charge in [0.1, 0.15) is 4.21 Å². The summed E-state index contributed by atoms with van der Waals surface area (Å²) in [5.41, 5.74) is 0. The first kappa shape index (κ1) is 14.9. The smallest absolute Gasteiger partial charge is 0.250 e. The van der Waals surface area contributed by atoms with Crippen molar-refractivity contribution < 1.29 is 13.5 Å². The second-order valence-electron chi connectivity index (χ2n) is 3.83. The highest BCUT2D eigenvalue weighted by atomic mass is 35.5. The van der Waals surface area contributed by atoms with E-state index >= 15 is 0 Å². The fourth-order valence-corrected chi connectivity index (χ4v) is 3.81. The molecule has 98 valence electrons. The Hall–Kier alpha value is -0.180. The Labute approximate surface area is 110 Å². The van der Waals surface area contributed by atoms with Gasteiger partial charge in [-0.05, 0) is 26.2 Å². The number of thiophene rings is 1. The van der Waals surface area contributed by atoms with Crippen molar-refractivity contribution in [2.45, 2.75) is 10.3 Å². The first-order valence-electron chi connectivity index (χ1n) is 4.89. The molecule has 0 fully saturated rings. The molecule has 1 heterocycles. The Balaban J connectivity index is 2.56. The number of nitrogens with zero attached hydrogens (tertiary/aromatic N) is 1. The molecule has 0 aliphatic rings. The van der Waals surface area contributed by atoms with E-state index < -0.39 is 16.1 Å². The summed E-state index contributed by atoms with van der Waals surface area (Å²) < 4.78 is 26.4. The minimum absolute atomic E-state index is 0.0178. The standard InChI is InChI=1S/C9H15ClN2O3S2/c1-12(2)6-7(13)5-11-17(14,15)9-4-3-8(10)16-9/h3-4,7,11,13H,5-6H2,1-2H3. The number of aliphatic hydroxyl groups excluding tert-OH is 1. The second-order valence-corrected chi connectivity index (χ2v) is 7.54. The van der Waals surface area contributed by atoms with Gasteiger partial charge in [0.2, 0.25) is 10.0 Å². The summed E-state index contributed by atoms with van der Waals surface area (Å²) in [6, 6.07) is 2.96. The van der Waals surface area contributed by atoms with Crippen molar-refractivity contribution in [1.82, 2.24) is 9.62 Å². The summed E-state index contributed by atoms with van der Waals surface area (Å²) in [5, 5.41) is 9.54. The maximum Gasteiger partial charge on any atom is 0.250 e. The third-order valence-corrected chi connectivity index (χ3v) is 5.04. The number of sulfonamides is 1. The molecule has 1 atom stereocenters. The van der Waals surface area contributed by atoms with E-state index in [0.29, 0.717) is 10.9 Å². The number of rotatable bonds is 6. The molecule has 2 N–H and O–H groups in total. The van der Waals surface area contributed by atoms with E-state index in [9.17, 15) is 13.5 Å². The highest BCUT2D eigenvalue weighted by Gasteiger charge is 2.18. The van der Waals surface area contributed by atoms with Crippen molar-refractivity contribution in [3.05, 3.63) is 16.5 Å². The lowest BCUT2D eigenvalue weighted by atomic mass is 10.3. The van der Waals surface area contributed by atoms with Gasteiger partial charge in [-0.15, -0.1) is 11.3 Å². The molecular formula is C9H15ClN2O3S2. The van der Waals surface area contributed by atoms with Crippen LogP contribution in [0.4, 0.5) is 0 Å². The van der Waals surface area contributed by atoms with Gasteiger partial charge in [0, 0.05) is 13.1 Å². The van der Waals surface area contributed by atoms with Crippen LogP contribution in [-0.2, 0) is 10.0 Å². The van der Waals surface area contributed by atoms with E-state index in [1.165, 1.54) is 12.1 Å². The largest absolute Gasteiger partial charge is 0.390 e. The van der Waals surface area contributed by atoms with Crippen LogP contribution in [0.3, 0.4) is 0 Å². The van der Waals surface area contributed by atoms with Crippen LogP contribution in [0.15, 0.2) is 16.3 Å². The van der Waals surface area contributed by atoms with E-state index in [-0.39, 0.29) is 10.8 Å². The van der Waals surface area contributed by atoms with Crippen LogP contribution in [0.2, 0.25) is 4.34 Å². The van der Waals surface area contributed by atoms with Gasteiger partial charge in [-0.1, -0.05) is 11.6 Å². The molecule has 0 amide bonds. The average Bonchev–Trinajstić information content (AvgIpc) is 2.62. The first-order chi connectivity index (χ1) is 7.81. The zero-order valence-corrected chi connectivity index (χ0v) is 11.9. The summed E-state index contributed by atoms with van der Waals surface area (Å²) >= 11 is 6.65. The Bertz CT molecular complexity index is 459. The van der Waals surface area contributed by atoms with E-state index in [1.54, 1.807) is 19.0 Å². The number of halogens is 1. The molecule has 0 spiro atoms. The molecule has 1 rings (SSSR count). The molecule has 0 radical (unpaired) electrons. The van der Waals surface area contributed by atoms with Gasteiger partial charge in [0.05, 0.1) is 10.4 Å². The molecule has 0 saturated carbocycles. The molecule has 17 heavy (non-hydrogen) atoms. The molecule has 1 unspecified atom stereocenters. The van der Waals surface area contributed by atoms with Crippen LogP contribution in [0.25, 0.3) is 0 Å². The predicted molar refractivity (Wildman–Crippen MR) is 69.1 cm³/mol. The van der Waals surface area contributed by atoms with Crippen molar-refractivity contribution in [2.24, 2.45) is 0 Å². The van der Waals surface area contributed by atoms with Crippen molar-refractivity contribution in [1.29, 1.82) is 0 Å². The molecule has 0 aliphatic heterocycles. The molecule has 1 aromatic heterocycles. The van der Waals surface area contributed by atoms with E-state index in [2.05, 4.69) is 4.72 Å². The number of aliphatic hydroxyl groups is 1. The fraction of sp³-hybridized carbons (Fsp3) is 0.556. The summed E-state index contributed by atoms with van der Waals surface area (Å²) in [6.07, 6.45) is -0.741. The van der Waals surface area contributed by atoms with E-state index in [0.717, 1.165) is 11.3 Å². The van der Waals surface area contributed by atoms with Crippen molar-refractivity contribution in [3.63, 3.8) is 0 Å². The minimum Gasteiger partial charge on any atom is -0.390 e. The lowest BCUT2D eigenvalue weighted by Crippen LogP contribution is -2.37. The molecular weight excluding hydrogens is 284 g/mol. The van der Waals surface area contributed by atoms with Crippen molar-refractivity contribution in [2.75, 3.05) is 27.2 Å². The van der Waals surface area contributed by atoms with Gasteiger partial charge in [-0.25, -0.2) is 13.1 Å². The highest BCUT2D eigenvalue weighted by molar-refractivity contribution is 7.91. The monoisotopic (exact) mass is 298 g/mol. The quantitative estimate of drug-likeness (QED) is 0.807. The van der Waals surface area contributed by atoms with Gasteiger partial charge < -0.3 is 10.0 Å². The van der Waals surface area contributed by atoms with Crippen LogP contribution in [0, 0.1) is 0 Å². The summed E-state index contributed by atoms with van der Waals surface area (Å²) in [7, 11) is 0.0399. The van der Waals surface area contributed by atoms with Crippen molar-refractivity contribution >= 4 is 33.0 Å². The van der Waals surface area contributed by atoms with Crippen LogP contribution in [0.1, 0.15) is 0 Å². The van der Waals surface area contributed by atoms with Gasteiger partial charge >= 0.3 is 0 Å². The van der Waals surface area contributed by atoms with Gasteiger partial charge in [0.15, 0.2) is 0 Å². The molecule has 5 nitrogen and oxygen atoms in total. The second kappa shape index (κ2) is 6.12. The van der Waals surface area contributed by atoms with Crippen LogP contribution in [-0.4, -0.2) is 51.7 Å². The summed E-state index contributed by atoms with van der Waals surface area (Å²) in [6.45, 7) is 0.379. The zero-order valence-electron chi connectivity index (χ0n) is 9.55. The maximum absolute atomic E-state index is 11.8. The molecule has 1 aromatic rings. The Morgan fingerprint density at radius 3 is 2.65 bits per heavy atom. The predicted octanol–water partition coefficient (Wildman–Crippen LogP) is 0.602. The molecule has 0 aliphatic carbocycles. The van der Waals surface area contributed by atoms with Gasteiger partial charge in [-0.2, -0.15) is 0 Å². The zero-order chi connectivity index (χ0) is 13.1. The molecule has 8 heteroatoms. The molecule has 0 saturated heterocycles. The maximum atomic E-state index is 11.8. The number of hydrogen-bond donors (Lipinski definition) is 2. The lowest BCUT2D eigenvalue weighted by molar-refractivity contribution is 0.140. The average molecular weight is 299 g/mol.